The number of thiophene rings is 1. The molecule has 1 amide bonds. The first-order valence-corrected chi connectivity index (χ1v) is 7.81. The molecule has 3 heterocycles. The van der Waals surface area contributed by atoms with Crippen LogP contribution >= 0.6 is 11.3 Å². The first kappa shape index (κ1) is 14.1. The second-order valence-corrected chi connectivity index (χ2v) is 6.06. The molecule has 0 fully saturated rings. The summed E-state index contributed by atoms with van der Waals surface area (Å²) in [5.41, 5.74) is 1.15. The molecule has 0 aliphatic carbocycles. The highest BCUT2D eigenvalue weighted by Crippen LogP contribution is 2.16. The lowest BCUT2D eigenvalue weighted by Crippen LogP contribution is -2.35. The number of amides is 1. The fraction of sp³-hybridized carbons (Fsp3) is 0.312. The fourth-order valence-electron chi connectivity index (χ4n) is 2.52. The predicted molar refractivity (Wildman–Crippen MR) is 84.0 cm³/mol. The SMILES string of the molecule is CO[C@H]1CN(C(=O)/C=C/c2cccs2)Cc2cccn2C1. The van der Waals surface area contributed by atoms with Crippen LogP contribution in [0.1, 0.15) is 10.6 Å². The number of hydrogen-bond donors (Lipinski definition) is 0. The van der Waals surface area contributed by atoms with Crippen molar-refractivity contribution < 1.29 is 9.53 Å². The van der Waals surface area contributed by atoms with Crippen molar-refractivity contribution in [3.05, 3.63) is 52.5 Å². The monoisotopic (exact) mass is 302 g/mol. The van der Waals surface area contributed by atoms with E-state index in [4.69, 9.17) is 4.74 Å². The van der Waals surface area contributed by atoms with Gasteiger partial charge in [-0.3, -0.25) is 4.79 Å². The van der Waals surface area contributed by atoms with Crippen LogP contribution < -0.4 is 0 Å². The van der Waals surface area contributed by atoms with Gasteiger partial charge in [0, 0.05) is 36.5 Å². The maximum Gasteiger partial charge on any atom is 0.247 e. The summed E-state index contributed by atoms with van der Waals surface area (Å²) in [6.45, 7) is 2.03. The molecule has 1 aliphatic heterocycles. The van der Waals surface area contributed by atoms with E-state index >= 15 is 0 Å². The number of ether oxygens (including phenoxy) is 1. The minimum atomic E-state index is 0.0257. The van der Waals surface area contributed by atoms with Gasteiger partial charge in [-0.25, -0.2) is 0 Å². The van der Waals surface area contributed by atoms with Gasteiger partial charge in [-0.2, -0.15) is 0 Å². The van der Waals surface area contributed by atoms with Gasteiger partial charge in [0.25, 0.3) is 0 Å². The van der Waals surface area contributed by atoms with Gasteiger partial charge >= 0.3 is 0 Å². The molecule has 0 unspecified atom stereocenters. The van der Waals surface area contributed by atoms with E-state index in [9.17, 15) is 4.79 Å². The van der Waals surface area contributed by atoms with Crippen LogP contribution in [0.2, 0.25) is 0 Å². The Hall–Kier alpha value is -1.85. The second-order valence-electron chi connectivity index (χ2n) is 5.08. The Morgan fingerprint density at radius 2 is 2.29 bits per heavy atom. The van der Waals surface area contributed by atoms with Crippen molar-refractivity contribution in [2.45, 2.75) is 19.2 Å². The Kier molecular flexibility index (Phi) is 4.22. The van der Waals surface area contributed by atoms with Crippen molar-refractivity contribution in [2.24, 2.45) is 0 Å². The van der Waals surface area contributed by atoms with Gasteiger partial charge in [0.2, 0.25) is 5.91 Å². The van der Waals surface area contributed by atoms with Crippen LogP contribution in [0, 0.1) is 0 Å². The van der Waals surface area contributed by atoms with Crippen LogP contribution in [0.15, 0.2) is 41.9 Å². The van der Waals surface area contributed by atoms with E-state index in [1.165, 1.54) is 0 Å². The molecule has 0 N–H and O–H groups in total. The van der Waals surface area contributed by atoms with Gasteiger partial charge in [0.1, 0.15) is 0 Å². The van der Waals surface area contributed by atoms with Crippen molar-refractivity contribution in [1.29, 1.82) is 0 Å². The Morgan fingerprint density at radius 1 is 1.38 bits per heavy atom. The van der Waals surface area contributed by atoms with E-state index in [2.05, 4.69) is 10.6 Å². The molecule has 0 aromatic carbocycles. The Morgan fingerprint density at radius 3 is 3.05 bits per heavy atom. The van der Waals surface area contributed by atoms with Gasteiger partial charge < -0.3 is 14.2 Å². The minimum absolute atomic E-state index is 0.0257. The quantitative estimate of drug-likeness (QED) is 0.817. The first-order valence-electron chi connectivity index (χ1n) is 6.93. The third-order valence-corrected chi connectivity index (χ3v) is 4.52. The van der Waals surface area contributed by atoms with Crippen LogP contribution in [0.5, 0.6) is 0 Å². The molecule has 1 atom stereocenters. The van der Waals surface area contributed by atoms with Crippen molar-refractivity contribution in [2.75, 3.05) is 13.7 Å². The number of nitrogens with zero attached hydrogens (tertiary/aromatic N) is 2. The standard InChI is InChI=1S/C16H18N2O2S/c1-20-14-11-17-8-2-4-13(17)10-18(12-14)16(19)7-6-15-5-3-9-21-15/h2-9,14H,10-12H2,1H3/b7-6+/t14-/m1/s1. The maximum absolute atomic E-state index is 12.4. The average molecular weight is 302 g/mol. The highest BCUT2D eigenvalue weighted by atomic mass is 32.1. The second kappa shape index (κ2) is 6.28. The molecule has 5 heteroatoms. The summed E-state index contributed by atoms with van der Waals surface area (Å²) >= 11 is 1.62. The summed E-state index contributed by atoms with van der Waals surface area (Å²) in [6, 6.07) is 8.05. The highest BCUT2D eigenvalue weighted by molar-refractivity contribution is 7.10. The first-order chi connectivity index (χ1) is 10.3. The summed E-state index contributed by atoms with van der Waals surface area (Å²) in [6.07, 6.45) is 5.59. The molecular weight excluding hydrogens is 284 g/mol. The van der Waals surface area contributed by atoms with E-state index < -0.39 is 0 Å². The molecular formula is C16H18N2O2S. The summed E-state index contributed by atoms with van der Waals surface area (Å²) < 4.78 is 7.65. The number of hydrogen-bond acceptors (Lipinski definition) is 3. The summed E-state index contributed by atoms with van der Waals surface area (Å²) in [5, 5.41) is 2.00. The molecule has 2 aromatic heterocycles. The fourth-order valence-corrected chi connectivity index (χ4v) is 3.13. The molecule has 0 spiro atoms. The number of aromatic nitrogens is 1. The zero-order valence-electron chi connectivity index (χ0n) is 11.9. The van der Waals surface area contributed by atoms with E-state index in [0.717, 1.165) is 17.1 Å². The van der Waals surface area contributed by atoms with E-state index in [1.807, 2.05) is 40.8 Å². The van der Waals surface area contributed by atoms with E-state index in [1.54, 1.807) is 24.5 Å². The normalized spacial score (nSPS) is 18.7. The molecule has 0 bridgehead atoms. The van der Waals surface area contributed by atoms with Crippen molar-refractivity contribution >= 4 is 23.3 Å². The predicted octanol–water partition coefficient (Wildman–Crippen LogP) is 2.62. The molecule has 2 aromatic rings. The third-order valence-electron chi connectivity index (χ3n) is 3.68. The Bertz CT molecular complexity index is 631. The van der Waals surface area contributed by atoms with Gasteiger partial charge in [0.05, 0.1) is 19.2 Å². The summed E-state index contributed by atoms with van der Waals surface area (Å²) in [5.74, 6) is 0.0279. The lowest BCUT2D eigenvalue weighted by atomic mass is 10.3. The van der Waals surface area contributed by atoms with Crippen LogP contribution in [-0.4, -0.2) is 35.1 Å². The number of carbonyl (C=O) groups is 1. The molecule has 0 radical (unpaired) electrons. The zero-order valence-corrected chi connectivity index (χ0v) is 12.8. The molecule has 4 nitrogen and oxygen atoms in total. The van der Waals surface area contributed by atoms with Crippen molar-refractivity contribution in [1.82, 2.24) is 9.47 Å². The molecule has 110 valence electrons. The molecule has 21 heavy (non-hydrogen) atoms. The maximum atomic E-state index is 12.4. The van der Waals surface area contributed by atoms with Crippen LogP contribution in [0.25, 0.3) is 6.08 Å². The highest BCUT2D eigenvalue weighted by Gasteiger charge is 2.23. The smallest absolute Gasteiger partial charge is 0.247 e. The molecule has 1 aliphatic rings. The molecule has 3 rings (SSSR count). The van der Waals surface area contributed by atoms with Crippen LogP contribution in [0.4, 0.5) is 0 Å². The lowest BCUT2D eigenvalue weighted by Gasteiger charge is -2.22. The van der Waals surface area contributed by atoms with Crippen LogP contribution in [0.3, 0.4) is 0 Å². The van der Waals surface area contributed by atoms with Crippen molar-refractivity contribution in [3.63, 3.8) is 0 Å². The Labute approximate surface area is 128 Å². The van der Waals surface area contributed by atoms with Crippen LogP contribution in [-0.2, 0) is 22.6 Å². The zero-order chi connectivity index (χ0) is 14.7. The van der Waals surface area contributed by atoms with Gasteiger partial charge in [-0.1, -0.05) is 6.07 Å². The van der Waals surface area contributed by atoms with Gasteiger partial charge in [-0.05, 0) is 29.7 Å². The van der Waals surface area contributed by atoms with E-state index in [0.29, 0.717) is 13.1 Å². The topological polar surface area (TPSA) is 34.5 Å². The Balaban J connectivity index is 1.76. The van der Waals surface area contributed by atoms with Crippen molar-refractivity contribution in [3.8, 4) is 0 Å². The van der Waals surface area contributed by atoms with Gasteiger partial charge in [0.15, 0.2) is 0 Å². The largest absolute Gasteiger partial charge is 0.378 e. The number of fused-ring (bicyclic) bond motifs is 1. The summed E-state index contributed by atoms with van der Waals surface area (Å²) in [4.78, 5) is 15.4. The number of carbonyl (C=O) groups excluding carboxylic acids is 1. The number of rotatable bonds is 3. The summed E-state index contributed by atoms with van der Waals surface area (Å²) in [7, 11) is 1.70. The molecule has 0 saturated carbocycles. The minimum Gasteiger partial charge on any atom is -0.378 e. The lowest BCUT2D eigenvalue weighted by molar-refractivity contribution is -0.128. The number of methoxy groups -OCH3 is 1. The third kappa shape index (κ3) is 3.25. The van der Waals surface area contributed by atoms with E-state index in [-0.39, 0.29) is 12.0 Å². The van der Waals surface area contributed by atoms with Gasteiger partial charge in [-0.15, -0.1) is 11.3 Å². The average Bonchev–Trinajstić information content (AvgIpc) is 3.12. The molecule has 0 saturated heterocycles.